The van der Waals surface area contributed by atoms with Crippen LogP contribution in [0.2, 0.25) is 0 Å². The van der Waals surface area contributed by atoms with Gasteiger partial charge < -0.3 is 4.74 Å². The average molecular weight is 332 g/mol. The minimum absolute atomic E-state index is 0.0724. The van der Waals surface area contributed by atoms with Gasteiger partial charge >= 0.3 is 0 Å². The van der Waals surface area contributed by atoms with Gasteiger partial charge in [-0.15, -0.1) is 0 Å². The Kier molecular flexibility index (Phi) is 3.69. The van der Waals surface area contributed by atoms with Crippen LogP contribution in [0.25, 0.3) is 11.0 Å². The number of benzene rings is 1. The highest BCUT2D eigenvalue weighted by molar-refractivity contribution is 7.92. The number of nitrogens with zero attached hydrogens (tertiary/aromatic N) is 2. The number of rotatable bonds is 4. The Morgan fingerprint density at radius 3 is 2.70 bits per heavy atom. The van der Waals surface area contributed by atoms with Crippen molar-refractivity contribution >= 4 is 26.9 Å². The second-order valence-corrected chi connectivity index (χ2v) is 6.82. The number of aromatic nitrogens is 3. The number of sulfonamides is 1. The van der Waals surface area contributed by atoms with Crippen molar-refractivity contribution in [2.45, 2.75) is 18.7 Å². The summed E-state index contributed by atoms with van der Waals surface area (Å²) >= 11 is 0. The summed E-state index contributed by atoms with van der Waals surface area (Å²) in [5.74, 6) is 0.493. The van der Waals surface area contributed by atoms with Gasteiger partial charge in [0.25, 0.3) is 10.0 Å². The van der Waals surface area contributed by atoms with Crippen molar-refractivity contribution in [1.82, 2.24) is 15.2 Å². The van der Waals surface area contributed by atoms with Crippen LogP contribution in [0.1, 0.15) is 11.1 Å². The topological polar surface area (TPSA) is 97.0 Å². The molecule has 0 aliphatic carbocycles. The van der Waals surface area contributed by atoms with Gasteiger partial charge in [-0.05, 0) is 49.2 Å². The molecular weight excluding hydrogens is 316 g/mol. The van der Waals surface area contributed by atoms with Crippen LogP contribution < -0.4 is 9.46 Å². The summed E-state index contributed by atoms with van der Waals surface area (Å²) in [4.78, 5) is 4.16. The van der Waals surface area contributed by atoms with E-state index in [0.29, 0.717) is 16.8 Å². The fraction of sp³-hybridized carbons (Fsp3) is 0.200. The molecule has 0 saturated carbocycles. The smallest absolute Gasteiger partial charge is 0.266 e. The molecule has 3 aromatic rings. The molecule has 0 unspecified atom stereocenters. The minimum Gasteiger partial charge on any atom is -0.495 e. The molecule has 8 heteroatoms. The van der Waals surface area contributed by atoms with Crippen LogP contribution in [-0.4, -0.2) is 30.7 Å². The van der Waals surface area contributed by atoms with Crippen molar-refractivity contribution in [2.24, 2.45) is 0 Å². The third kappa shape index (κ3) is 2.72. The van der Waals surface area contributed by atoms with Crippen LogP contribution in [0.4, 0.5) is 5.82 Å². The second-order valence-electron chi connectivity index (χ2n) is 5.16. The summed E-state index contributed by atoms with van der Waals surface area (Å²) < 4.78 is 33.1. The van der Waals surface area contributed by atoms with E-state index in [9.17, 15) is 8.42 Å². The average Bonchev–Trinajstić information content (AvgIpc) is 2.92. The van der Waals surface area contributed by atoms with Gasteiger partial charge in [0.15, 0.2) is 11.5 Å². The first-order chi connectivity index (χ1) is 10.9. The van der Waals surface area contributed by atoms with Crippen LogP contribution in [-0.2, 0) is 10.0 Å². The molecule has 0 amide bonds. The van der Waals surface area contributed by atoms with E-state index >= 15 is 0 Å². The predicted molar refractivity (Wildman–Crippen MR) is 87.2 cm³/mol. The lowest BCUT2D eigenvalue weighted by Gasteiger charge is -2.13. The number of nitrogens with one attached hydrogen (secondary N) is 2. The van der Waals surface area contributed by atoms with Gasteiger partial charge in [0.1, 0.15) is 10.6 Å². The van der Waals surface area contributed by atoms with Crippen molar-refractivity contribution in [3.63, 3.8) is 0 Å². The Labute approximate surface area is 133 Å². The number of aryl methyl sites for hydroxylation is 2. The zero-order chi connectivity index (χ0) is 16.6. The number of anilines is 1. The van der Waals surface area contributed by atoms with Gasteiger partial charge in [-0.3, -0.25) is 9.82 Å². The van der Waals surface area contributed by atoms with Gasteiger partial charge in [0.2, 0.25) is 0 Å². The van der Waals surface area contributed by atoms with E-state index in [-0.39, 0.29) is 10.7 Å². The maximum atomic E-state index is 12.7. The SMILES string of the molecule is COc1cc(C)c(C)cc1S(=O)(=O)Nc1n[nH]c2ncccc12. The highest BCUT2D eigenvalue weighted by Gasteiger charge is 2.22. The Morgan fingerprint density at radius 1 is 1.22 bits per heavy atom. The first-order valence-corrected chi connectivity index (χ1v) is 8.38. The molecule has 0 radical (unpaired) electrons. The molecule has 0 fully saturated rings. The highest BCUT2D eigenvalue weighted by Crippen LogP contribution is 2.29. The molecule has 1 aromatic carbocycles. The van der Waals surface area contributed by atoms with Crippen LogP contribution in [0.15, 0.2) is 35.4 Å². The number of methoxy groups -OCH3 is 1. The van der Waals surface area contributed by atoms with Crippen LogP contribution in [0.3, 0.4) is 0 Å². The fourth-order valence-electron chi connectivity index (χ4n) is 2.25. The van der Waals surface area contributed by atoms with E-state index in [1.807, 2.05) is 13.8 Å². The van der Waals surface area contributed by atoms with Crippen LogP contribution in [0.5, 0.6) is 5.75 Å². The van der Waals surface area contributed by atoms with Crippen molar-refractivity contribution in [1.29, 1.82) is 0 Å². The summed E-state index contributed by atoms with van der Waals surface area (Å²) in [6.07, 6.45) is 1.60. The summed E-state index contributed by atoms with van der Waals surface area (Å²) in [5, 5.41) is 7.27. The van der Waals surface area contributed by atoms with E-state index in [4.69, 9.17) is 4.74 Å². The highest BCUT2D eigenvalue weighted by atomic mass is 32.2. The van der Waals surface area contributed by atoms with E-state index in [2.05, 4.69) is 19.9 Å². The normalized spacial score (nSPS) is 11.6. The van der Waals surface area contributed by atoms with Gasteiger partial charge in [0.05, 0.1) is 12.5 Å². The number of ether oxygens (including phenoxy) is 1. The number of H-pyrrole nitrogens is 1. The standard InChI is InChI=1S/C15H16N4O3S/c1-9-7-12(22-3)13(8-10(9)2)23(20,21)19-15-11-5-4-6-16-14(11)17-18-15/h4-8H,1-3H3,(H2,16,17,18,19). The molecule has 7 nitrogen and oxygen atoms in total. The van der Waals surface area contributed by atoms with Crippen molar-refractivity contribution in [3.05, 3.63) is 41.6 Å². The Hall–Kier alpha value is -2.61. The quantitative estimate of drug-likeness (QED) is 0.764. The molecule has 2 N–H and O–H groups in total. The summed E-state index contributed by atoms with van der Waals surface area (Å²) in [6.45, 7) is 3.75. The van der Waals surface area contributed by atoms with Crippen molar-refractivity contribution < 1.29 is 13.2 Å². The van der Waals surface area contributed by atoms with Crippen LogP contribution in [0, 0.1) is 13.8 Å². The van der Waals surface area contributed by atoms with E-state index in [1.165, 1.54) is 7.11 Å². The number of aromatic amines is 1. The van der Waals surface area contributed by atoms with E-state index < -0.39 is 10.0 Å². The number of pyridine rings is 1. The maximum absolute atomic E-state index is 12.7. The molecule has 0 saturated heterocycles. The summed E-state index contributed by atoms with van der Waals surface area (Å²) in [7, 11) is -2.40. The molecule has 0 aliphatic rings. The first kappa shape index (κ1) is 15.3. The molecular formula is C15H16N4O3S. The van der Waals surface area contributed by atoms with Crippen molar-refractivity contribution in [3.8, 4) is 5.75 Å². The van der Waals surface area contributed by atoms with Gasteiger partial charge in [-0.25, -0.2) is 13.4 Å². The monoisotopic (exact) mass is 332 g/mol. The number of hydrogen-bond acceptors (Lipinski definition) is 5. The molecule has 3 rings (SSSR count). The van der Waals surface area contributed by atoms with Gasteiger partial charge in [-0.1, -0.05) is 0 Å². The van der Waals surface area contributed by atoms with E-state index in [1.54, 1.807) is 30.5 Å². The third-order valence-corrected chi connectivity index (χ3v) is 5.00. The molecule has 2 aromatic heterocycles. The number of hydrogen-bond donors (Lipinski definition) is 2. The van der Waals surface area contributed by atoms with Crippen molar-refractivity contribution in [2.75, 3.05) is 11.8 Å². The minimum atomic E-state index is -3.84. The molecule has 0 bridgehead atoms. The largest absolute Gasteiger partial charge is 0.495 e. The maximum Gasteiger partial charge on any atom is 0.266 e. The zero-order valence-corrected chi connectivity index (χ0v) is 13.7. The molecule has 120 valence electrons. The molecule has 2 heterocycles. The summed E-state index contributed by atoms with van der Waals surface area (Å²) in [6, 6.07) is 6.74. The third-order valence-electron chi connectivity index (χ3n) is 3.64. The lowest BCUT2D eigenvalue weighted by Crippen LogP contribution is -2.15. The lowest BCUT2D eigenvalue weighted by molar-refractivity contribution is 0.402. The predicted octanol–water partition coefficient (Wildman–Crippen LogP) is 2.38. The zero-order valence-electron chi connectivity index (χ0n) is 12.9. The Bertz CT molecular complexity index is 980. The molecule has 23 heavy (non-hydrogen) atoms. The molecule has 0 aliphatic heterocycles. The molecule has 0 spiro atoms. The van der Waals surface area contributed by atoms with Crippen LogP contribution >= 0.6 is 0 Å². The Balaban J connectivity index is 2.07. The van der Waals surface area contributed by atoms with E-state index in [0.717, 1.165) is 11.1 Å². The number of fused-ring (bicyclic) bond motifs is 1. The Morgan fingerprint density at radius 2 is 1.96 bits per heavy atom. The summed E-state index contributed by atoms with van der Waals surface area (Å²) in [5.41, 5.74) is 2.33. The molecule has 0 atom stereocenters. The first-order valence-electron chi connectivity index (χ1n) is 6.89. The van der Waals surface area contributed by atoms with Gasteiger partial charge in [-0.2, -0.15) is 5.10 Å². The van der Waals surface area contributed by atoms with Gasteiger partial charge in [0, 0.05) is 6.20 Å². The lowest BCUT2D eigenvalue weighted by atomic mass is 10.1. The fourth-order valence-corrected chi connectivity index (χ4v) is 3.51. The second kappa shape index (κ2) is 5.54.